The molecular weight excluding hydrogens is 328 g/mol. The van der Waals surface area contributed by atoms with Crippen LogP contribution in [-0.2, 0) is 4.74 Å². The Labute approximate surface area is 146 Å². The van der Waals surface area contributed by atoms with Crippen LogP contribution < -0.4 is 5.32 Å². The summed E-state index contributed by atoms with van der Waals surface area (Å²) in [6.45, 7) is 5.99. The number of amides is 1. The van der Waals surface area contributed by atoms with Crippen molar-refractivity contribution in [2.45, 2.75) is 13.0 Å². The Bertz CT molecular complexity index is 697. The molecule has 1 aliphatic rings. The highest BCUT2D eigenvalue weighted by Gasteiger charge is 2.20. The van der Waals surface area contributed by atoms with Crippen LogP contribution in [0.5, 0.6) is 0 Å². The molecule has 6 nitrogen and oxygen atoms in total. The van der Waals surface area contributed by atoms with Crippen LogP contribution in [0.25, 0.3) is 11.3 Å². The third-order valence-electron chi connectivity index (χ3n) is 4.22. The third kappa shape index (κ3) is 3.95. The van der Waals surface area contributed by atoms with E-state index < -0.39 is 0 Å². The van der Waals surface area contributed by atoms with E-state index in [1.165, 1.54) is 0 Å². The van der Waals surface area contributed by atoms with Gasteiger partial charge in [0.15, 0.2) is 0 Å². The molecule has 0 radical (unpaired) electrons. The monoisotopic (exact) mass is 348 g/mol. The van der Waals surface area contributed by atoms with E-state index in [4.69, 9.17) is 16.3 Å². The summed E-state index contributed by atoms with van der Waals surface area (Å²) in [6, 6.07) is 7.61. The lowest BCUT2D eigenvalue weighted by molar-refractivity contribution is 0.0204. The van der Waals surface area contributed by atoms with Crippen LogP contribution in [0.2, 0.25) is 5.02 Å². The van der Waals surface area contributed by atoms with Gasteiger partial charge in [0.25, 0.3) is 5.91 Å². The molecule has 2 heterocycles. The number of aromatic amines is 1. The third-order valence-corrected chi connectivity index (χ3v) is 4.46. The van der Waals surface area contributed by atoms with Gasteiger partial charge in [-0.2, -0.15) is 5.10 Å². The number of halogens is 1. The first kappa shape index (κ1) is 17.0. The number of H-pyrrole nitrogens is 1. The van der Waals surface area contributed by atoms with Crippen molar-refractivity contribution in [1.29, 1.82) is 0 Å². The Morgan fingerprint density at radius 1 is 1.46 bits per heavy atom. The average molecular weight is 349 g/mol. The van der Waals surface area contributed by atoms with Crippen molar-refractivity contribution >= 4 is 17.5 Å². The molecule has 0 unspecified atom stereocenters. The van der Waals surface area contributed by atoms with Crippen molar-refractivity contribution in [3.63, 3.8) is 0 Å². The molecule has 1 aromatic carbocycles. The molecule has 1 fully saturated rings. The summed E-state index contributed by atoms with van der Waals surface area (Å²) in [6.07, 6.45) is 1.55. The Balaban J connectivity index is 1.64. The van der Waals surface area contributed by atoms with Crippen LogP contribution in [0.1, 0.15) is 17.3 Å². The molecule has 24 heavy (non-hydrogen) atoms. The molecule has 2 aromatic rings. The lowest BCUT2D eigenvalue weighted by atomic mass is 10.1. The van der Waals surface area contributed by atoms with Crippen LogP contribution in [-0.4, -0.2) is 59.9 Å². The molecule has 1 aromatic heterocycles. The van der Waals surface area contributed by atoms with Gasteiger partial charge in [-0.05, 0) is 19.1 Å². The van der Waals surface area contributed by atoms with Crippen LogP contribution in [0.3, 0.4) is 0 Å². The summed E-state index contributed by atoms with van der Waals surface area (Å²) in [5.41, 5.74) is 2.03. The minimum Gasteiger partial charge on any atom is -0.379 e. The number of rotatable bonds is 5. The zero-order valence-electron chi connectivity index (χ0n) is 13.6. The van der Waals surface area contributed by atoms with Crippen molar-refractivity contribution in [2.75, 3.05) is 32.8 Å². The predicted octanol–water partition coefficient (Wildman–Crippen LogP) is 2.18. The lowest BCUT2D eigenvalue weighted by Crippen LogP contribution is -2.47. The van der Waals surface area contributed by atoms with E-state index in [1.54, 1.807) is 12.3 Å². The Morgan fingerprint density at radius 3 is 3.00 bits per heavy atom. The van der Waals surface area contributed by atoms with E-state index >= 15 is 0 Å². The van der Waals surface area contributed by atoms with Crippen LogP contribution >= 0.6 is 11.6 Å². The molecule has 0 saturated carbocycles. The van der Waals surface area contributed by atoms with Gasteiger partial charge in [-0.3, -0.25) is 14.8 Å². The number of nitrogens with one attached hydrogen (secondary N) is 2. The van der Waals surface area contributed by atoms with Gasteiger partial charge < -0.3 is 10.1 Å². The van der Waals surface area contributed by atoms with Gasteiger partial charge in [-0.15, -0.1) is 0 Å². The average Bonchev–Trinajstić information content (AvgIpc) is 3.10. The van der Waals surface area contributed by atoms with Crippen molar-refractivity contribution < 1.29 is 9.53 Å². The Kier molecular flexibility index (Phi) is 5.50. The first-order chi connectivity index (χ1) is 11.6. The van der Waals surface area contributed by atoms with Crippen molar-refractivity contribution in [3.8, 4) is 11.3 Å². The fraction of sp³-hybridized carbons (Fsp3) is 0.412. The molecule has 1 saturated heterocycles. The minimum atomic E-state index is -0.140. The highest BCUT2D eigenvalue weighted by atomic mass is 35.5. The Hall–Kier alpha value is -1.89. The first-order valence-corrected chi connectivity index (χ1v) is 8.42. The quantitative estimate of drug-likeness (QED) is 0.869. The Morgan fingerprint density at radius 2 is 2.25 bits per heavy atom. The maximum absolute atomic E-state index is 12.5. The molecule has 1 amide bonds. The predicted molar refractivity (Wildman–Crippen MR) is 93.2 cm³/mol. The summed E-state index contributed by atoms with van der Waals surface area (Å²) >= 11 is 6.03. The molecule has 1 aliphatic heterocycles. The van der Waals surface area contributed by atoms with E-state index in [0.29, 0.717) is 22.8 Å². The van der Waals surface area contributed by atoms with E-state index in [0.717, 1.165) is 31.9 Å². The number of carbonyl (C=O) groups excluding carboxylic acids is 1. The summed E-state index contributed by atoms with van der Waals surface area (Å²) < 4.78 is 5.36. The van der Waals surface area contributed by atoms with E-state index in [-0.39, 0.29) is 11.9 Å². The number of hydrogen-bond donors (Lipinski definition) is 2. The fourth-order valence-corrected chi connectivity index (χ4v) is 3.00. The van der Waals surface area contributed by atoms with Gasteiger partial charge in [0.1, 0.15) is 0 Å². The second-order valence-electron chi connectivity index (χ2n) is 5.88. The highest BCUT2D eigenvalue weighted by molar-refractivity contribution is 6.30. The van der Waals surface area contributed by atoms with Gasteiger partial charge in [0.2, 0.25) is 0 Å². The van der Waals surface area contributed by atoms with E-state index in [2.05, 4.69) is 27.3 Å². The van der Waals surface area contributed by atoms with E-state index in [9.17, 15) is 4.79 Å². The summed E-state index contributed by atoms with van der Waals surface area (Å²) in [7, 11) is 0. The smallest absolute Gasteiger partial charge is 0.255 e. The van der Waals surface area contributed by atoms with Crippen molar-refractivity contribution in [3.05, 3.63) is 41.0 Å². The zero-order chi connectivity index (χ0) is 16.9. The number of benzene rings is 1. The molecule has 0 bridgehead atoms. The number of ether oxygens (including phenoxy) is 1. The maximum atomic E-state index is 12.5. The fourth-order valence-electron chi connectivity index (χ4n) is 2.81. The van der Waals surface area contributed by atoms with Gasteiger partial charge in [-0.25, -0.2) is 0 Å². The summed E-state index contributed by atoms with van der Waals surface area (Å²) in [4.78, 5) is 14.8. The molecule has 7 heteroatoms. The standard InChI is InChI=1S/C17H21ClN4O2/c1-12(22-5-7-24-8-6-22)10-19-17(23)15-11-20-21-16(15)13-3-2-4-14(18)9-13/h2-4,9,11-12H,5-8,10H2,1H3,(H,19,23)(H,20,21)/t12-/m1/s1. The van der Waals surface area contributed by atoms with Gasteiger partial charge in [0, 0.05) is 36.3 Å². The first-order valence-electron chi connectivity index (χ1n) is 8.04. The second-order valence-corrected chi connectivity index (χ2v) is 6.31. The lowest BCUT2D eigenvalue weighted by Gasteiger charge is -2.32. The minimum absolute atomic E-state index is 0.140. The van der Waals surface area contributed by atoms with Gasteiger partial charge in [0.05, 0.1) is 30.7 Å². The summed E-state index contributed by atoms with van der Waals surface area (Å²) in [5, 5.41) is 10.5. The molecule has 0 aliphatic carbocycles. The molecule has 3 rings (SSSR count). The van der Waals surface area contributed by atoms with Gasteiger partial charge >= 0.3 is 0 Å². The second kappa shape index (κ2) is 7.79. The molecular formula is C17H21ClN4O2. The number of carbonyl (C=O) groups is 1. The highest BCUT2D eigenvalue weighted by Crippen LogP contribution is 2.23. The molecule has 0 spiro atoms. The number of morpholine rings is 1. The van der Waals surface area contributed by atoms with Crippen LogP contribution in [0.15, 0.2) is 30.5 Å². The van der Waals surface area contributed by atoms with Crippen LogP contribution in [0, 0.1) is 0 Å². The van der Waals surface area contributed by atoms with Gasteiger partial charge in [-0.1, -0.05) is 23.7 Å². The largest absolute Gasteiger partial charge is 0.379 e. The zero-order valence-corrected chi connectivity index (χ0v) is 14.3. The SMILES string of the molecule is C[C@H](CNC(=O)c1cn[nH]c1-c1cccc(Cl)c1)N1CCOCC1. The topological polar surface area (TPSA) is 70.2 Å². The number of nitrogens with zero attached hydrogens (tertiary/aromatic N) is 2. The molecule has 1 atom stereocenters. The van der Waals surface area contributed by atoms with Crippen molar-refractivity contribution in [2.24, 2.45) is 0 Å². The molecule has 128 valence electrons. The van der Waals surface area contributed by atoms with Crippen molar-refractivity contribution in [1.82, 2.24) is 20.4 Å². The number of hydrogen-bond acceptors (Lipinski definition) is 4. The van der Waals surface area contributed by atoms with E-state index in [1.807, 2.05) is 18.2 Å². The molecule has 2 N–H and O–H groups in total. The van der Waals surface area contributed by atoms with Crippen LogP contribution in [0.4, 0.5) is 0 Å². The summed E-state index contributed by atoms with van der Waals surface area (Å²) in [5.74, 6) is -0.140. The maximum Gasteiger partial charge on any atom is 0.255 e. The number of aromatic nitrogens is 2. The normalized spacial score (nSPS) is 16.8.